The third-order valence-corrected chi connectivity index (χ3v) is 2.05. The summed E-state index contributed by atoms with van der Waals surface area (Å²) in [5.41, 5.74) is 5.60. The highest BCUT2D eigenvalue weighted by Gasteiger charge is 2.10. The molecule has 0 aromatic heterocycles. The molecule has 0 bridgehead atoms. The first kappa shape index (κ1) is 11.8. The molecule has 0 aliphatic rings. The zero-order valence-corrected chi connectivity index (χ0v) is 9.08. The van der Waals surface area contributed by atoms with Crippen molar-refractivity contribution in [1.82, 2.24) is 0 Å². The number of esters is 1. The van der Waals surface area contributed by atoms with Crippen LogP contribution in [0.5, 0.6) is 5.75 Å². The average Bonchev–Trinajstić information content (AvgIpc) is 2.25. The second-order valence-corrected chi connectivity index (χ2v) is 3.18. The van der Waals surface area contributed by atoms with E-state index in [9.17, 15) is 4.79 Å². The van der Waals surface area contributed by atoms with Crippen molar-refractivity contribution in [2.24, 2.45) is 5.73 Å². The van der Waals surface area contributed by atoms with Crippen LogP contribution >= 0.6 is 11.6 Å². The Labute approximate surface area is 92.9 Å². The molecule has 82 valence electrons. The minimum atomic E-state index is -0.467. The van der Waals surface area contributed by atoms with Crippen molar-refractivity contribution in [2.45, 2.75) is 0 Å². The molecule has 0 radical (unpaired) electrons. The zero-order valence-electron chi connectivity index (χ0n) is 8.33. The van der Waals surface area contributed by atoms with Crippen LogP contribution in [0.1, 0.15) is 10.4 Å². The summed E-state index contributed by atoms with van der Waals surface area (Å²) in [5.74, 6) is 0.114. The molecule has 1 rings (SSSR count). The molecule has 1 aromatic rings. The Kier molecular flexibility index (Phi) is 4.39. The number of benzene rings is 1. The van der Waals surface area contributed by atoms with Crippen LogP contribution in [-0.4, -0.2) is 26.2 Å². The van der Waals surface area contributed by atoms with Gasteiger partial charge in [0.05, 0.1) is 17.7 Å². The predicted octanol–water partition coefficient (Wildman–Crippen LogP) is 1.46. The van der Waals surface area contributed by atoms with E-state index in [1.807, 2.05) is 0 Å². The minimum absolute atomic E-state index is 0.302. The van der Waals surface area contributed by atoms with E-state index in [4.69, 9.17) is 22.1 Å². The summed E-state index contributed by atoms with van der Waals surface area (Å²) < 4.78 is 9.80. The lowest BCUT2D eigenvalue weighted by Gasteiger charge is -2.06. The van der Waals surface area contributed by atoms with Crippen LogP contribution in [0.15, 0.2) is 18.2 Å². The van der Waals surface area contributed by atoms with Gasteiger partial charge in [0.2, 0.25) is 0 Å². The number of nitrogens with two attached hydrogens (primary N) is 1. The van der Waals surface area contributed by atoms with Crippen molar-refractivity contribution in [1.29, 1.82) is 0 Å². The molecule has 0 atom stereocenters. The molecule has 0 aliphatic heterocycles. The van der Waals surface area contributed by atoms with E-state index < -0.39 is 5.97 Å². The summed E-state index contributed by atoms with van der Waals surface area (Å²) in [6, 6.07) is 4.76. The van der Waals surface area contributed by atoms with Crippen molar-refractivity contribution in [2.75, 3.05) is 20.3 Å². The van der Waals surface area contributed by atoms with E-state index in [1.165, 1.54) is 7.11 Å². The van der Waals surface area contributed by atoms with Crippen molar-refractivity contribution in [3.63, 3.8) is 0 Å². The maximum atomic E-state index is 11.2. The molecule has 2 N–H and O–H groups in total. The van der Waals surface area contributed by atoms with E-state index in [1.54, 1.807) is 18.2 Å². The van der Waals surface area contributed by atoms with Gasteiger partial charge in [-0.25, -0.2) is 4.79 Å². The number of rotatable bonds is 4. The first-order valence-corrected chi connectivity index (χ1v) is 4.77. The van der Waals surface area contributed by atoms with E-state index >= 15 is 0 Å². The number of halogens is 1. The number of ether oxygens (including phenoxy) is 2. The highest BCUT2D eigenvalue weighted by molar-refractivity contribution is 6.33. The molecule has 0 heterocycles. The van der Waals surface area contributed by atoms with Crippen LogP contribution in [0.4, 0.5) is 0 Å². The molecule has 0 saturated heterocycles. The van der Waals surface area contributed by atoms with Gasteiger partial charge in [-0.05, 0) is 18.2 Å². The molecule has 15 heavy (non-hydrogen) atoms. The first-order valence-electron chi connectivity index (χ1n) is 4.39. The van der Waals surface area contributed by atoms with Crippen LogP contribution in [0, 0.1) is 0 Å². The van der Waals surface area contributed by atoms with E-state index in [2.05, 4.69) is 4.74 Å². The smallest absolute Gasteiger partial charge is 0.339 e. The lowest BCUT2D eigenvalue weighted by atomic mass is 10.2. The Morgan fingerprint density at radius 1 is 1.53 bits per heavy atom. The fraction of sp³-hybridized carbons (Fsp3) is 0.300. The van der Waals surface area contributed by atoms with Gasteiger partial charge >= 0.3 is 5.97 Å². The van der Waals surface area contributed by atoms with Gasteiger partial charge in [-0.15, -0.1) is 0 Å². The zero-order chi connectivity index (χ0) is 11.3. The highest BCUT2D eigenvalue weighted by atomic mass is 35.5. The standard InChI is InChI=1S/C10H12ClNO3/c1-14-10(13)8-3-2-7(6-9(8)11)15-5-4-12/h2-3,6H,4-5,12H2,1H3. The van der Waals surface area contributed by atoms with Crippen LogP contribution in [-0.2, 0) is 4.74 Å². The fourth-order valence-corrected chi connectivity index (χ4v) is 1.29. The molecule has 0 aliphatic carbocycles. The molecular weight excluding hydrogens is 218 g/mol. The predicted molar refractivity (Wildman–Crippen MR) is 57.3 cm³/mol. The number of carbonyl (C=O) groups excluding carboxylic acids is 1. The first-order chi connectivity index (χ1) is 7.19. The molecule has 0 spiro atoms. The molecular formula is C10H12ClNO3. The number of hydrogen-bond acceptors (Lipinski definition) is 4. The highest BCUT2D eigenvalue weighted by Crippen LogP contribution is 2.23. The molecule has 0 amide bonds. The second kappa shape index (κ2) is 5.58. The van der Waals surface area contributed by atoms with Crippen molar-refractivity contribution in [3.8, 4) is 5.75 Å². The van der Waals surface area contributed by atoms with Crippen LogP contribution in [0.25, 0.3) is 0 Å². The number of hydrogen-bond donors (Lipinski definition) is 1. The van der Waals surface area contributed by atoms with Crippen LogP contribution in [0.2, 0.25) is 5.02 Å². The summed E-state index contributed by atoms with van der Waals surface area (Å²) in [5, 5.41) is 0.302. The van der Waals surface area contributed by atoms with Crippen molar-refractivity contribution < 1.29 is 14.3 Å². The summed E-state index contributed by atoms with van der Waals surface area (Å²) in [6.07, 6.45) is 0. The fourth-order valence-electron chi connectivity index (χ4n) is 1.04. The summed E-state index contributed by atoms with van der Waals surface area (Å²) in [6.45, 7) is 0.838. The summed E-state index contributed by atoms with van der Waals surface area (Å²) in [4.78, 5) is 11.2. The molecule has 0 fully saturated rings. The Bertz CT molecular complexity index is 355. The maximum absolute atomic E-state index is 11.2. The third kappa shape index (κ3) is 3.11. The topological polar surface area (TPSA) is 61.5 Å². The largest absolute Gasteiger partial charge is 0.492 e. The number of methoxy groups -OCH3 is 1. The van der Waals surface area contributed by atoms with Crippen LogP contribution < -0.4 is 10.5 Å². The Morgan fingerprint density at radius 3 is 2.80 bits per heavy atom. The van der Waals surface area contributed by atoms with Gasteiger partial charge in [-0.1, -0.05) is 11.6 Å². The number of carbonyl (C=O) groups is 1. The molecule has 0 saturated carbocycles. The molecule has 0 unspecified atom stereocenters. The van der Waals surface area contributed by atoms with E-state index in [-0.39, 0.29) is 0 Å². The van der Waals surface area contributed by atoms with Gasteiger partial charge in [0.15, 0.2) is 0 Å². The van der Waals surface area contributed by atoms with Gasteiger partial charge in [-0.3, -0.25) is 0 Å². The van der Waals surface area contributed by atoms with Gasteiger partial charge in [0.25, 0.3) is 0 Å². The second-order valence-electron chi connectivity index (χ2n) is 2.77. The lowest BCUT2D eigenvalue weighted by molar-refractivity contribution is 0.0601. The molecule has 4 nitrogen and oxygen atoms in total. The van der Waals surface area contributed by atoms with E-state index in [0.29, 0.717) is 29.5 Å². The quantitative estimate of drug-likeness (QED) is 0.795. The molecule has 1 aromatic carbocycles. The average molecular weight is 230 g/mol. The maximum Gasteiger partial charge on any atom is 0.339 e. The van der Waals surface area contributed by atoms with Crippen molar-refractivity contribution >= 4 is 17.6 Å². The SMILES string of the molecule is COC(=O)c1ccc(OCCN)cc1Cl. The normalized spacial score (nSPS) is 9.80. The Hall–Kier alpha value is -1.26. The Balaban J connectivity index is 2.83. The van der Waals surface area contributed by atoms with Gasteiger partial charge in [-0.2, -0.15) is 0 Å². The summed E-state index contributed by atoms with van der Waals surface area (Å²) >= 11 is 5.87. The monoisotopic (exact) mass is 229 g/mol. The Morgan fingerprint density at radius 2 is 2.27 bits per heavy atom. The third-order valence-electron chi connectivity index (χ3n) is 1.73. The molecule has 5 heteroatoms. The minimum Gasteiger partial charge on any atom is -0.492 e. The lowest BCUT2D eigenvalue weighted by Crippen LogP contribution is -2.10. The van der Waals surface area contributed by atoms with Gasteiger partial charge < -0.3 is 15.2 Å². The van der Waals surface area contributed by atoms with Crippen molar-refractivity contribution in [3.05, 3.63) is 28.8 Å². The van der Waals surface area contributed by atoms with Gasteiger partial charge in [0, 0.05) is 6.54 Å². The summed E-state index contributed by atoms with van der Waals surface area (Å²) in [7, 11) is 1.30. The van der Waals surface area contributed by atoms with Gasteiger partial charge in [0.1, 0.15) is 12.4 Å². The van der Waals surface area contributed by atoms with Crippen LogP contribution in [0.3, 0.4) is 0 Å². The van der Waals surface area contributed by atoms with E-state index in [0.717, 1.165) is 0 Å².